The van der Waals surface area contributed by atoms with Gasteiger partial charge in [-0.3, -0.25) is 0 Å². The van der Waals surface area contributed by atoms with Crippen molar-refractivity contribution in [2.75, 3.05) is 18.8 Å². The second-order valence-electron chi connectivity index (χ2n) is 5.21. The van der Waals surface area contributed by atoms with Crippen molar-refractivity contribution in [3.8, 4) is 0 Å². The van der Waals surface area contributed by atoms with Crippen LogP contribution in [-0.4, -0.2) is 30.0 Å². The minimum atomic E-state index is -0.827. The van der Waals surface area contributed by atoms with Crippen molar-refractivity contribution in [3.05, 3.63) is 59.5 Å². The lowest BCUT2D eigenvalue weighted by Gasteiger charge is -2.10. The van der Waals surface area contributed by atoms with Crippen molar-refractivity contribution in [1.82, 2.24) is 10.6 Å². The number of thioether (sulfide) groups is 1. The summed E-state index contributed by atoms with van der Waals surface area (Å²) in [7, 11) is 0. The fourth-order valence-corrected chi connectivity index (χ4v) is 2.76. The Bertz CT molecular complexity index is 584. The van der Waals surface area contributed by atoms with Crippen LogP contribution in [0.3, 0.4) is 0 Å². The number of aliphatic hydroxyl groups excluding tert-OH is 1. The van der Waals surface area contributed by atoms with Crippen molar-refractivity contribution in [1.29, 1.82) is 0 Å². The van der Waals surface area contributed by atoms with E-state index in [1.54, 1.807) is 23.9 Å². The molecule has 1 atom stereocenters. The summed E-state index contributed by atoms with van der Waals surface area (Å²) in [6.07, 6.45) is 0.663. The molecule has 23 heavy (non-hydrogen) atoms. The Hall–Kier alpha value is -1.92. The van der Waals surface area contributed by atoms with E-state index < -0.39 is 6.10 Å². The molecular weight excluding hydrogens is 312 g/mol. The highest BCUT2D eigenvalue weighted by Crippen LogP contribution is 2.12. The molecule has 6 heteroatoms. The number of aliphatic hydroxyl groups is 1. The molecular formula is C17H22N2O3S. The molecule has 0 spiro atoms. The highest BCUT2D eigenvalue weighted by molar-refractivity contribution is 7.98. The number of benzene rings is 1. The van der Waals surface area contributed by atoms with Crippen LogP contribution in [0.15, 0.2) is 47.1 Å². The van der Waals surface area contributed by atoms with E-state index in [1.807, 2.05) is 0 Å². The number of hydrogen-bond acceptors (Lipinski definition) is 4. The summed E-state index contributed by atoms with van der Waals surface area (Å²) in [6.45, 7) is 2.78. The predicted molar refractivity (Wildman–Crippen MR) is 92.4 cm³/mol. The Labute approximate surface area is 140 Å². The van der Waals surface area contributed by atoms with Crippen LogP contribution in [-0.2, 0) is 5.75 Å². The van der Waals surface area contributed by atoms with E-state index in [2.05, 4.69) is 41.8 Å². The Morgan fingerprint density at radius 2 is 2.04 bits per heavy atom. The molecule has 1 unspecified atom stereocenters. The largest absolute Gasteiger partial charge is 0.467 e. The first-order valence-electron chi connectivity index (χ1n) is 7.51. The van der Waals surface area contributed by atoms with Crippen LogP contribution in [0, 0.1) is 6.92 Å². The summed E-state index contributed by atoms with van der Waals surface area (Å²) in [5, 5.41) is 15.2. The number of carbonyl (C=O) groups excluding carboxylic acids is 1. The van der Waals surface area contributed by atoms with Gasteiger partial charge in [0.25, 0.3) is 0 Å². The molecule has 0 bridgehead atoms. The minimum Gasteiger partial charge on any atom is -0.467 e. The molecule has 0 saturated heterocycles. The average Bonchev–Trinajstić information content (AvgIpc) is 3.08. The first-order valence-corrected chi connectivity index (χ1v) is 8.67. The van der Waals surface area contributed by atoms with Crippen LogP contribution in [0.2, 0.25) is 0 Å². The Morgan fingerprint density at radius 3 is 2.74 bits per heavy atom. The van der Waals surface area contributed by atoms with Gasteiger partial charge in [-0.25, -0.2) is 4.79 Å². The van der Waals surface area contributed by atoms with Gasteiger partial charge in [0.2, 0.25) is 0 Å². The molecule has 1 aromatic carbocycles. The highest BCUT2D eigenvalue weighted by atomic mass is 32.2. The van der Waals surface area contributed by atoms with Gasteiger partial charge < -0.3 is 20.2 Å². The van der Waals surface area contributed by atoms with Crippen LogP contribution in [0.4, 0.5) is 4.79 Å². The molecule has 124 valence electrons. The molecule has 2 rings (SSSR count). The maximum Gasteiger partial charge on any atom is 0.314 e. The minimum absolute atomic E-state index is 0.121. The normalized spacial score (nSPS) is 11.9. The molecule has 2 amide bonds. The van der Waals surface area contributed by atoms with Gasteiger partial charge in [-0.2, -0.15) is 11.8 Å². The lowest BCUT2D eigenvalue weighted by Crippen LogP contribution is -2.38. The van der Waals surface area contributed by atoms with Gasteiger partial charge in [0.1, 0.15) is 11.9 Å². The van der Waals surface area contributed by atoms with Crippen molar-refractivity contribution in [2.45, 2.75) is 18.8 Å². The van der Waals surface area contributed by atoms with E-state index in [4.69, 9.17) is 4.42 Å². The monoisotopic (exact) mass is 334 g/mol. The van der Waals surface area contributed by atoms with Crippen molar-refractivity contribution < 1.29 is 14.3 Å². The van der Waals surface area contributed by atoms with Crippen LogP contribution >= 0.6 is 11.8 Å². The summed E-state index contributed by atoms with van der Waals surface area (Å²) in [5.41, 5.74) is 2.54. The maximum absolute atomic E-state index is 11.6. The number of nitrogens with one attached hydrogen (secondary N) is 2. The molecule has 3 N–H and O–H groups in total. The zero-order valence-electron chi connectivity index (χ0n) is 13.1. The fraction of sp³-hybridized carbons (Fsp3) is 0.353. The molecule has 0 aliphatic rings. The van der Waals surface area contributed by atoms with E-state index in [0.29, 0.717) is 12.3 Å². The zero-order valence-corrected chi connectivity index (χ0v) is 13.9. The second-order valence-corrected chi connectivity index (χ2v) is 6.31. The third kappa shape index (κ3) is 6.38. The zero-order chi connectivity index (χ0) is 16.5. The van der Waals surface area contributed by atoms with E-state index >= 15 is 0 Å². The summed E-state index contributed by atoms with van der Waals surface area (Å²) in [4.78, 5) is 11.6. The number of furan rings is 1. The Balaban J connectivity index is 1.53. The van der Waals surface area contributed by atoms with Crippen LogP contribution in [0.5, 0.6) is 0 Å². The molecule has 1 aromatic heterocycles. The molecule has 0 radical (unpaired) electrons. The molecule has 0 fully saturated rings. The Morgan fingerprint density at radius 1 is 1.26 bits per heavy atom. The van der Waals surface area contributed by atoms with Gasteiger partial charge in [-0.1, -0.05) is 29.8 Å². The van der Waals surface area contributed by atoms with Crippen molar-refractivity contribution in [3.63, 3.8) is 0 Å². The lowest BCUT2D eigenvalue weighted by molar-refractivity contribution is 0.148. The van der Waals surface area contributed by atoms with Gasteiger partial charge in [-0.05, 0) is 24.6 Å². The fourth-order valence-electron chi connectivity index (χ4n) is 1.94. The van der Waals surface area contributed by atoms with E-state index in [-0.39, 0.29) is 12.6 Å². The van der Waals surface area contributed by atoms with Crippen LogP contribution in [0.25, 0.3) is 0 Å². The average molecular weight is 334 g/mol. The number of amides is 2. The van der Waals surface area contributed by atoms with Crippen molar-refractivity contribution >= 4 is 17.8 Å². The summed E-state index contributed by atoms with van der Waals surface area (Å²) < 4.78 is 5.06. The summed E-state index contributed by atoms with van der Waals surface area (Å²) >= 11 is 1.77. The molecule has 5 nitrogen and oxygen atoms in total. The number of carbonyl (C=O) groups is 1. The van der Waals surface area contributed by atoms with Crippen LogP contribution < -0.4 is 10.6 Å². The third-order valence-corrected chi connectivity index (χ3v) is 4.28. The molecule has 0 aliphatic carbocycles. The van der Waals surface area contributed by atoms with Gasteiger partial charge in [0.05, 0.1) is 12.8 Å². The topological polar surface area (TPSA) is 74.5 Å². The number of rotatable bonds is 8. The molecule has 1 heterocycles. The predicted octanol–water partition coefficient (Wildman–Crippen LogP) is 2.85. The number of urea groups is 1. The van der Waals surface area contributed by atoms with Gasteiger partial charge in [0, 0.05) is 18.1 Å². The van der Waals surface area contributed by atoms with Gasteiger partial charge in [-0.15, -0.1) is 0 Å². The highest BCUT2D eigenvalue weighted by Gasteiger charge is 2.11. The lowest BCUT2D eigenvalue weighted by atomic mass is 10.2. The maximum atomic E-state index is 11.6. The number of hydrogen-bond donors (Lipinski definition) is 3. The first-order chi connectivity index (χ1) is 11.1. The quantitative estimate of drug-likeness (QED) is 0.649. The van der Waals surface area contributed by atoms with Crippen molar-refractivity contribution in [2.24, 2.45) is 0 Å². The first kappa shape index (κ1) is 17.4. The second kappa shape index (κ2) is 9.27. The molecule has 0 saturated carbocycles. The number of aryl methyl sites for hydroxylation is 1. The van der Waals surface area contributed by atoms with Gasteiger partial charge >= 0.3 is 6.03 Å². The molecule has 0 aliphatic heterocycles. The smallest absolute Gasteiger partial charge is 0.314 e. The van der Waals surface area contributed by atoms with E-state index in [1.165, 1.54) is 17.4 Å². The summed E-state index contributed by atoms with van der Waals surface area (Å²) in [6, 6.07) is 11.5. The SMILES string of the molecule is Cc1ccc(CSCCNC(=O)NCC(O)c2ccco2)cc1. The van der Waals surface area contributed by atoms with E-state index in [9.17, 15) is 9.90 Å². The standard InChI is InChI=1S/C17H22N2O3S/c1-13-4-6-14(7-5-13)12-23-10-8-18-17(21)19-11-15(20)16-3-2-9-22-16/h2-7,9,15,20H,8,10-12H2,1H3,(H2,18,19,21). The van der Waals surface area contributed by atoms with Crippen LogP contribution in [0.1, 0.15) is 23.0 Å². The molecule has 2 aromatic rings. The Kier molecular flexibility index (Phi) is 7.03. The van der Waals surface area contributed by atoms with E-state index in [0.717, 1.165) is 11.5 Å². The third-order valence-electron chi connectivity index (χ3n) is 3.25. The van der Waals surface area contributed by atoms with Gasteiger partial charge in [0.15, 0.2) is 0 Å². The summed E-state index contributed by atoms with van der Waals surface area (Å²) in [5.74, 6) is 2.21.